The smallest absolute Gasteiger partial charge is 0.119 e. The van der Waals surface area contributed by atoms with Crippen LogP contribution in [0, 0.1) is 0 Å². The SMILES string of the molecule is COc1ccc2c(c1)CCCC21CNCC(C)(C)O1. The molecule has 0 amide bonds. The van der Waals surface area contributed by atoms with Crippen LogP contribution in [0.1, 0.15) is 37.8 Å². The van der Waals surface area contributed by atoms with Gasteiger partial charge < -0.3 is 14.8 Å². The summed E-state index contributed by atoms with van der Waals surface area (Å²) in [6, 6.07) is 6.41. The first kappa shape index (κ1) is 12.9. The number of morpholine rings is 1. The molecule has 1 spiro atoms. The van der Waals surface area contributed by atoms with E-state index in [4.69, 9.17) is 9.47 Å². The molecule has 0 bridgehead atoms. The molecular weight excluding hydrogens is 238 g/mol. The van der Waals surface area contributed by atoms with Gasteiger partial charge in [-0.15, -0.1) is 0 Å². The van der Waals surface area contributed by atoms with Gasteiger partial charge in [-0.25, -0.2) is 0 Å². The fourth-order valence-electron chi connectivity index (χ4n) is 3.50. The Morgan fingerprint density at radius 1 is 1.26 bits per heavy atom. The monoisotopic (exact) mass is 261 g/mol. The molecular formula is C16H23NO2. The Bertz CT molecular complexity index is 484. The van der Waals surface area contributed by atoms with E-state index < -0.39 is 0 Å². The predicted molar refractivity (Wildman–Crippen MR) is 75.6 cm³/mol. The van der Waals surface area contributed by atoms with Gasteiger partial charge in [0.1, 0.15) is 11.4 Å². The first-order chi connectivity index (χ1) is 9.05. The first-order valence-corrected chi connectivity index (χ1v) is 7.13. The Kier molecular flexibility index (Phi) is 3.06. The number of ether oxygens (including phenoxy) is 2. The van der Waals surface area contributed by atoms with Crippen molar-refractivity contribution in [3.8, 4) is 5.75 Å². The van der Waals surface area contributed by atoms with E-state index in [9.17, 15) is 0 Å². The molecule has 1 atom stereocenters. The van der Waals surface area contributed by atoms with Gasteiger partial charge in [0.05, 0.1) is 12.7 Å². The van der Waals surface area contributed by atoms with Gasteiger partial charge in [0, 0.05) is 13.1 Å². The van der Waals surface area contributed by atoms with Gasteiger partial charge in [-0.3, -0.25) is 0 Å². The van der Waals surface area contributed by atoms with Crippen molar-refractivity contribution in [3.63, 3.8) is 0 Å². The van der Waals surface area contributed by atoms with Crippen molar-refractivity contribution in [1.29, 1.82) is 0 Å². The van der Waals surface area contributed by atoms with Crippen LogP contribution < -0.4 is 10.1 Å². The summed E-state index contributed by atoms with van der Waals surface area (Å²) in [5, 5.41) is 3.55. The van der Waals surface area contributed by atoms with Crippen LogP contribution in [-0.4, -0.2) is 25.8 Å². The van der Waals surface area contributed by atoms with Gasteiger partial charge in [-0.1, -0.05) is 6.07 Å². The average Bonchev–Trinajstić information content (AvgIpc) is 2.37. The zero-order chi connectivity index (χ0) is 13.5. The van der Waals surface area contributed by atoms with Crippen molar-refractivity contribution in [3.05, 3.63) is 29.3 Å². The van der Waals surface area contributed by atoms with Gasteiger partial charge in [-0.2, -0.15) is 0 Å². The summed E-state index contributed by atoms with van der Waals surface area (Å²) in [4.78, 5) is 0. The number of benzene rings is 1. The molecule has 104 valence electrons. The molecule has 1 fully saturated rings. The summed E-state index contributed by atoms with van der Waals surface area (Å²) < 4.78 is 11.8. The summed E-state index contributed by atoms with van der Waals surface area (Å²) in [6.07, 6.45) is 3.40. The zero-order valence-corrected chi connectivity index (χ0v) is 12.1. The lowest BCUT2D eigenvalue weighted by Crippen LogP contribution is -2.57. The minimum Gasteiger partial charge on any atom is -0.497 e. The Morgan fingerprint density at radius 3 is 2.84 bits per heavy atom. The lowest BCUT2D eigenvalue weighted by Gasteiger charge is -2.48. The second-order valence-electron chi connectivity index (χ2n) is 6.34. The molecule has 1 aliphatic carbocycles. The number of hydrogen-bond donors (Lipinski definition) is 1. The molecule has 1 aromatic carbocycles. The molecule has 1 unspecified atom stereocenters. The van der Waals surface area contributed by atoms with Crippen molar-refractivity contribution < 1.29 is 9.47 Å². The molecule has 0 radical (unpaired) electrons. The van der Waals surface area contributed by atoms with E-state index in [1.54, 1.807) is 7.11 Å². The topological polar surface area (TPSA) is 30.5 Å². The van der Waals surface area contributed by atoms with Crippen molar-refractivity contribution in [2.24, 2.45) is 0 Å². The third-order valence-electron chi connectivity index (χ3n) is 4.26. The lowest BCUT2D eigenvalue weighted by atomic mass is 9.77. The number of nitrogens with one attached hydrogen (secondary N) is 1. The van der Waals surface area contributed by atoms with E-state index in [2.05, 4.69) is 37.4 Å². The Balaban J connectivity index is 2.02. The molecule has 2 aliphatic rings. The van der Waals surface area contributed by atoms with Crippen LogP contribution in [0.4, 0.5) is 0 Å². The fraction of sp³-hybridized carbons (Fsp3) is 0.625. The number of methoxy groups -OCH3 is 1. The Morgan fingerprint density at radius 2 is 2.11 bits per heavy atom. The molecule has 3 rings (SSSR count). The summed E-state index contributed by atoms with van der Waals surface area (Å²) in [6.45, 7) is 6.16. The maximum Gasteiger partial charge on any atom is 0.119 e. The molecule has 19 heavy (non-hydrogen) atoms. The lowest BCUT2D eigenvalue weighted by molar-refractivity contribution is -0.174. The second-order valence-corrected chi connectivity index (χ2v) is 6.34. The highest BCUT2D eigenvalue weighted by Gasteiger charge is 2.44. The zero-order valence-electron chi connectivity index (χ0n) is 12.1. The van der Waals surface area contributed by atoms with Crippen molar-refractivity contribution in [2.45, 2.75) is 44.3 Å². The third-order valence-corrected chi connectivity index (χ3v) is 4.26. The van der Waals surface area contributed by atoms with E-state index >= 15 is 0 Å². The highest BCUT2D eigenvalue weighted by Crippen LogP contribution is 2.43. The Labute approximate surface area is 115 Å². The van der Waals surface area contributed by atoms with E-state index in [1.165, 1.54) is 17.5 Å². The van der Waals surface area contributed by atoms with E-state index in [0.29, 0.717) is 0 Å². The Hall–Kier alpha value is -1.06. The summed E-state index contributed by atoms with van der Waals surface area (Å²) >= 11 is 0. The minimum absolute atomic E-state index is 0.104. The molecule has 1 aliphatic heterocycles. The largest absolute Gasteiger partial charge is 0.497 e. The van der Waals surface area contributed by atoms with Crippen LogP contribution >= 0.6 is 0 Å². The molecule has 1 aromatic rings. The molecule has 1 heterocycles. The number of rotatable bonds is 1. The van der Waals surface area contributed by atoms with E-state index in [1.807, 2.05) is 0 Å². The quantitative estimate of drug-likeness (QED) is 0.843. The van der Waals surface area contributed by atoms with Gasteiger partial charge in [0.25, 0.3) is 0 Å². The highest BCUT2D eigenvalue weighted by molar-refractivity contribution is 5.41. The van der Waals surface area contributed by atoms with Gasteiger partial charge in [-0.05, 0) is 56.4 Å². The number of hydrogen-bond acceptors (Lipinski definition) is 3. The third kappa shape index (κ3) is 2.26. The molecule has 1 N–H and O–H groups in total. The molecule has 0 aromatic heterocycles. The maximum atomic E-state index is 6.50. The minimum atomic E-state index is -0.151. The molecule has 3 nitrogen and oxygen atoms in total. The van der Waals surface area contributed by atoms with Crippen LogP contribution in [0.5, 0.6) is 5.75 Å². The van der Waals surface area contributed by atoms with Gasteiger partial charge in [0.2, 0.25) is 0 Å². The summed E-state index contributed by atoms with van der Waals surface area (Å²) in [5.41, 5.74) is 2.47. The van der Waals surface area contributed by atoms with Gasteiger partial charge in [0.15, 0.2) is 0 Å². The highest BCUT2D eigenvalue weighted by atomic mass is 16.5. The van der Waals surface area contributed by atoms with Crippen molar-refractivity contribution in [1.82, 2.24) is 5.32 Å². The van der Waals surface area contributed by atoms with Crippen LogP contribution in [-0.2, 0) is 16.8 Å². The normalized spacial score (nSPS) is 29.0. The van der Waals surface area contributed by atoms with Crippen molar-refractivity contribution >= 4 is 0 Å². The fourth-order valence-corrected chi connectivity index (χ4v) is 3.50. The molecule has 3 heteroatoms. The summed E-state index contributed by atoms with van der Waals surface area (Å²) in [5.74, 6) is 0.943. The first-order valence-electron chi connectivity index (χ1n) is 7.13. The van der Waals surface area contributed by atoms with Crippen molar-refractivity contribution in [2.75, 3.05) is 20.2 Å². The molecule has 1 saturated heterocycles. The average molecular weight is 261 g/mol. The van der Waals surface area contributed by atoms with Crippen LogP contribution in [0.15, 0.2) is 18.2 Å². The van der Waals surface area contributed by atoms with Crippen LogP contribution in [0.25, 0.3) is 0 Å². The number of aryl methyl sites for hydroxylation is 1. The van der Waals surface area contributed by atoms with E-state index in [0.717, 1.165) is 31.7 Å². The second kappa shape index (κ2) is 4.50. The van der Waals surface area contributed by atoms with E-state index in [-0.39, 0.29) is 11.2 Å². The molecule has 0 saturated carbocycles. The standard InChI is InChI=1S/C16H23NO2/c1-15(2)10-17-11-16(19-15)8-4-5-12-9-13(18-3)6-7-14(12)16/h6-7,9,17H,4-5,8,10-11H2,1-3H3. The van der Waals surface area contributed by atoms with Gasteiger partial charge >= 0.3 is 0 Å². The predicted octanol–water partition coefficient (Wildman–Crippen LogP) is 2.63. The summed E-state index contributed by atoms with van der Waals surface area (Å²) in [7, 11) is 1.72. The van der Waals surface area contributed by atoms with Crippen LogP contribution in [0.3, 0.4) is 0 Å². The maximum absolute atomic E-state index is 6.50. The van der Waals surface area contributed by atoms with Crippen LogP contribution in [0.2, 0.25) is 0 Å². The number of fused-ring (bicyclic) bond motifs is 2.